The molecule has 0 radical (unpaired) electrons. The van der Waals surface area contributed by atoms with Gasteiger partial charge in [0.2, 0.25) is 0 Å². The maximum absolute atomic E-state index is 13.1. The molecular weight excluding hydrogens is 291 g/mol. The predicted molar refractivity (Wildman–Crippen MR) is 82.0 cm³/mol. The van der Waals surface area contributed by atoms with Crippen molar-refractivity contribution >= 4 is 11.6 Å². The fourth-order valence-electron chi connectivity index (χ4n) is 2.22. The molecule has 0 spiro atoms. The van der Waals surface area contributed by atoms with E-state index < -0.39 is 0 Å². The summed E-state index contributed by atoms with van der Waals surface area (Å²) in [5.41, 5.74) is 1.59. The van der Waals surface area contributed by atoms with E-state index in [1.54, 1.807) is 12.3 Å². The molecule has 0 saturated carbocycles. The Morgan fingerprint density at radius 3 is 2.67 bits per heavy atom. The summed E-state index contributed by atoms with van der Waals surface area (Å²) in [6.07, 6.45) is 3.84. The lowest BCUT2D eigenvalue weighted by atomic mass is 10.1. The first-order valence-electron chi connectivity index (χ1n) is 7.12. The second-order valence-electron chi connectivity index (χ2n) is 5.20. The van der Waals surface area contributed by atoms with Crippen molar-refractivity contribution < 1.29 is 4.39 Å². The fraction of sp³-hybridized carbons (Fsp3) is 0.467. The second-order valence-corrected chi connectivity index (χ2v) is 5.61. The standard InChI is InChI=1S/C15H20ClFN4/c1-4-7-18-14(13-6-5-11(17)8-19-13)15-12(16)9-20-21(15)10(2)3/h5-6,8-10,14,18H,4,7H2,1-3H3. The van der Waals surface area contributed by atoms with Gasteiger partial charge in [0, 0.05) is 6.04 Å². The zero-order chi connectivity index (χ0) is 15.4. The predicted octanol–water partition coefficient (Wildman–Crippen LogP) is 3.74. The minimum absolute atomic E-state index is 0.180. The normalized spacial score (nSPS) is 12.9. The Balaban J connectivity index is 2.45. The number of halogens is 2. The number of nitrogens with one attached hydrogen (secondary N) is 1. The molecular formula is C15H20ClFN4. The van der Waals surface area contributed by atoms with Crippen LogP contribution < -0.4 is 5.32 Å². The minimum Gasteiger partial charge on any atom is -0.304 e. The molecule has 1 unspecified atom stereocenters. The lowest BCUT2D eigenvalue weighted by Crippen LogP contribution is -2.27. The average molecular weight is 311 g/mol. The van der Waals surface area contributed by atoms with Crippen LogP contribution in [-0.2, 0) is 0 Å². The Hall–Kier alpha value is -1.46. The highest BCUT2D eigenvalue weighted by atomic mass is 35.5. The summed E-state index contributed by atoms with van der Waals surface area (Å²) in [7, 11) is 0. The highest BCUT2D eigenvalue weighted by Gasteiger charge is 2.24. The lowest BCUT2D eigenvalue weighted by Gasteiger charge is -2.21. The molecule has 1 atom stereocenters. The third-order valence-corrected chi connectivity index (χ3v) is 3.49. The number of nitrogens with zero attached hydrogens (tertiary/aromatic N) is 3. The van der Waals surface area contributed by atoms with E-state index in [0.29, 0.717) is 5.02 Å². The topological polar surface area (TPSA) is 42.7 Å². The molecule has 0 aliphatic carbocycles. The number of aromatic nitrogens is 3. The van der Waals surface area contributed by atoms with Crippen LogP contribution in [-0.4, -0.2) is 21.3 Å². The highest BCUT2D eigenvalue weighted by Crippen LogP contribution is 2.29. The van der Waals surface area contributed by atoms with Gasteiger partial charge < -0.3 is 5.32 Å². The Bertz CT molecular complexity index is 580. The monoisotopic (exact) mass is 310 g/mol. The summed E-state index contributed by atoms with van der Waals surface area (Å²) >= 11 is 6.32. The van der Waals surface area contributed by atoms with Gasteiger partial charge in [0.25, 0.3) is 0 Å². The van der Waals surface area contributed by atoms with E-state index in [1.165, 1.54) is 12.3 Å². The van der Waals surface area contributed by atoms with Gasteiger partial charge in [-0.05, 0) is 38.9 Å². The zero-order valence-corrected chi connectivity index (χ0v) is 13.2. The van der Waals surface area contributed by atoms with Crippen LogP contribution in [0.3, 0.4) is 0 Å². The maximum atomic E-state index is 13.1. The third kappa shape index (κ3) is 3.60. The summed E-state index contributed by atoms with van der Waals surface area (Å²) in [5, 5.41) is 8.33. The van der Waals surface area contributed by atoms with Gasteiger partial charge in [-0.15, -0.1) is 0 Å². The summed E-state index contributed by atoms with van der Waals surface area (Å²) in [6.45, 7) is 6.98. The molecule has 0 aliphatic heterocycles. The first-order chi connectivity index (χ1) is 10.0. The van der Waals surface area contributed by atoms with Crippen molar-refractivity contribution in [3.8, 4) is 0 Å². The van der Waals surface area contributed by atoms with E-state index in [9.17, 15) is 4.39 Å². The van der Waals surface area contributed by atoms with Gasteiger partial charge in [-0.1, -0.05) is 18.5 Å². The Morgan fingerprint density at radius 1 is 1.33 bits per heavy atom. The molecule has 2 heterocycles. The van der Waals surface area contributed by atoms with E-state index in [2.05, 4.69) is 22.3 Å². The second kappa shape index (κ2) is 7.00. The van der Waals surface area contributed by atoms with Gasteiger partial charge >= 0.3 is 0 Å². The summed E-state index contributed by atoms with van der Waals surface area (Å²) in [4.78, 5) is 4.19. The number of hydrogen-bond acceptors (Lipinski definition) is 3. The molecule has 0 saturated heterocycles. The van der Waals surface area contributed by atoms with E-state index in [1.807, 2.05) is 18.5 Å². The number of hydrogen-bond donors (Lipinski definition) is 1. The van der Waals surface area contributed by atoms with Gasteiger partial charge in [0.05, 0.1) is 34.8 Å². The van der Waals surface area contributed by atoms with Gasteiger partial charge in [0.1, 0.15) is 5.82 Å². The van der Waals surface area contributed by atoms with Gasteiger partial charge in [-0.3, -0.25) is 9.67 Å². The third-order valence-electron chi connectivity index (χ3n) is 3.19. The molecule has 0 aliphatic rings. The number of rotatable bonds is 6. The van der Waals surface area contributed by atoms with Crippen molar-refractivity contribution in [2.75, 3.05) is 6.54 Å². The van der Waals surface area contributed by atoms with Crippen molar-refractivity contribution in [2.45, 2.75) is 39.3 Å². The van der Waals surface area contributed by atoms with Gasteiger partial charge in [-0.25, -0.2) is 4.39 Å². The molecule has 6 heteroatoms. The van der Waals surface area contributed by atoms with Crippen molar-refractivity contribution in [2.24, 2.45) is 0 Å². The Kier molecular flexibility index (Phi) is 5.31. The van der Waals surface area contributed by atoms with Crippen molar-refractivity contribution in [3.05, 3.63) is 46.8 Å². The number of pyridine rings is 1. The first-order valence-corrected chi connectivity index (χ1v) is 7.50. The molecule has 114 valence electrons. The summed E-state index contributed by atoms with van der Waals surface area (Å²) in [5.74, 6) is -0.351. The van der Waals surface area contributed by atoms with Gasteiger partial charge in [-0.2, -0.15) is 5.10 Å². The molecule has 0 amide bonds. The molecule has 2 rings (SSSR count). The van der Waals surface area contributed by atoms with Crippen molar-refractivity contribution in [1.29, 1.82) is 0 Å². The zero-order valence-electron chi connectivity index (χ0n) is 12.5. The molecule has 0 bridgehead atoms. The quantitative estimate of drug-likeness (QED) is 0.884. The largest absolute Gasteiger partial charge is 0.304 e. The molecule has 2 aromatic rings. The van der Waals surface area contributed by atoms with Crippen molar-refractivity contribution in [1.82, 2.24) is 20.1 Å². The van der Waals surface area contributed by atoms with Crippen LogP contribution in [0.4, 0.5) is 4.39 Å². The lowest BCUT2D eigenvalue weighted by molar-refractivity contribution is 0.467. The van der Waals surface area contributed by atoms with Crippen molar-refractivity contribution in [3.63, 3.8) is 0 Å². The molecule has 21 heavy (non-hydrogen) atoms. The molecule has 1 N–H and O–H groups in total. The highest BCUT2D eigenvalue weighted by molar-refractivity contribution is 6.31. The van der Waals surface area contributed by atoms with Gasteiger partial charge in [0.15, 0.2) is 0 Å². The molecule has 0 fully saturated rings. The van der Waals surface area contributed by atoms with Crippen LogP contribution in [0.25, 0.3) is 0 Å². The SMILES string of the molecule is CCCNC(c1ccc(F)cn1)c1c(Cl)cnn1C(C)C. The van der Waals surface area contributed by atoms with E-state index >= 15 is 0 Å². The fourth-order valence-corrected chi connectivity index (χ4v) is 2.46. The van der Waals surface area contributed by atoms with Crippen LogP contribution in [0.5, 0.6) is 0 Å². The average Bonchev–Trinajstić information content (AvgIpc) is 2.83. The summed E-state index contributed by atoms with van der Waals surface area (Å²) in [6, 6.07) is 3.06. The van der Waals surface area contributed by atoms with Crippen LogP contribution in [0, 0.1) is 5.82 Å². The van der Waals surface area contributed by atoms with Crippen LogP contribution >= 0.6 is 11.6 Å². The van der Waals surface area contributed by atoms with E-state index in [-0.39, 0.29) is 17.9 Å². The Labute approximate surface area is 129 Å². The first kappa shape index (κ1) is 15.9. The minimum atomic E-state index is -0.351. The maximum Gasteiger partial charge on any atom is 0.141 e. The molecule has 4 nitrogen and oxygen atoms in total. The van der Waals surface area contributed by atoms with E-state index in [4.69, 9.17) is 11.6 Å². The molecule has 2 aromatic heterocycles. The summed E-state index contributed by atoms with van der Waals surface area (Å²) < 4.78 is 15.0. The smallest absolute Gasteiger partial charge is 0.141 e. The van der Waals surface area contributed by atoms with Crippen LogP contribution in [0.15, 0.2) is 24.5 Å². The Morgan fingerprint density at radius 2 is 2.10 bits per heavy atom. The van der Waals surface area contributed by atoms with E-state index in [0.717, 1.165) is 24.4 Å². The van der Waals surface area contributed by atoms with Crippen LogP contribution in [0.2, 0.25) is 5.02 Å². The molecule has 0 aromatic carbocycles. The van der Waals surface area contributed by atoms with Crippen LogP contribution in [0.1, 0.15) is 50.7 Å².